The summed E-state index contributed by atoms with van der Waals surface area (Å²) in [5, 5.41) is 3.52. The van der Waals surface area contributed by atoms with Gasteiger partial charge in [-0.25, -0.2) is 0 Å². The van der Waals surface area contributed by atoms with Crippen molar-refractivity contribution < 1.29 is 0 Å². The molecule has 0 unspecified atom stereocenters. The minimum atomic E-state index is 0.496. The van der Waals surface area contributed by atoms with Crippen molar-refractivity contribution in [1.82, 2.24) is 5.32 Å². The van der Waals surface area contributed by atoms with Crippen LogP contribution in [0.2, 0.25) is 0 Å². The molecule has 3 nitrogen and oxygen atoms in total. The van der Waals surface area contributed by atoms with Crippen molar-refractivity contribution in [2.24, 2.45) is 22.6 Å². The highest BCUT2D eigenvalue weighted by Gasteiger charge is 2.41. The van der Waals surface area contributed by atoms with E-state index < -0.39 is 0 Å². The molecule has 3 rings (SSSR count). The van der Waals surface area contributed by atoms with Gasteiger partial charge in [0.05, 0.1) is 6.04 Å². The maximum atomic E-state index is 6.08. The molecule has 0 bridgehead atoms. The van der Waals surface area contributed by atoms with Gasteiger partial charge in [0, 0.05) is 6.04 Å². The van der Waals surface area contributed by atoms with Crippen LogP contribution < -0.4 is 11.1 Å². The SMILES string of the molecule is NC(=NC1CCCCC1)NC(C1CC1)C1CC1. The minimum Gasteiger partial charge on any atom is -0.370 e. The molecule has 0 heterocycles. The highest BCUT2D eigenvalue weighted by Crippen LogP contribution is 2.44. The minimum absolute atomic E-state index is 0.496. The van der Waals surface area contributed by atoms with Gasteiger partial charge in [0.25, 0.3) is 0 Å². The zero-order valence-electron chi connectivity index (χ0n) is 10.7. The standard InChI is InChI=1S/C14H25N3/c15-14(16-12-4-2-1-3-5-12)17-13(10-6-7-10)11-8-9-11/h10-13H,1-9H2,(H3,15,16,17). The molecule has 3 heteroatoms. The van der Waals surface area contributed by atoms with Crippen molar-refractivity contribution in [2.45, 2.75) is 69.9 Å². The summed E-state index contributed by atoms with van der Waals surface area (Å²) < 4.78 is 0. The van der Waals surface area contributed by atoms with Gasteiger partial charge in [-0.05, 0) is 50.4 Å². The van der Waals surface area contributed by atoms with E-state index in [9.17, 15) is 0 Å². The summed E-state index contributed by atoms with van der Waals surface area (Å²) in [7, 11) is 0. The maximum absolute atomic E-state index is 6.08. The van der Waals surface area contributed by atoms with Gasteiger partial charge in [0.15, 0.2) is 5.96 Å². The third-order valence-electron chi connectivity index (χ3n) is 4.47. The molecule has 0 aliphatic heterocycles. The van der Waals surface area contributed by atoms with E-state index in [4.69, 9.17) is 5.73 Å². The van der Waals surface area contributed by atoms with Crippen molar-refractivity contribution in [3.8, 4) is 0 Å². The number of nitrogens with one attached hydrogen (secondary N) is 1. The van der Waals surface area contributed by atoms with E-state index in [0.717, 1.165) is 17.8 Å². The van der Waals surface area contributed by atoms with Crippen molar-refractivity contribution >= 4 is 5.96 Å². The van der Waals surface area contributed by atoms with Crippen LogP contribution in [0, 0.1) is 11.8 Å². The van der Waals surface area contributed by atoms with Crippen molar-refractivity contribution in [3.63, 3.8) is 0 Å². The Bertz CT molecular complexity index is 274. The Morgan fingerprint density at radius 2 is 1.53 bits per heavy atom. The van der Waals surface area contributed by atoms with Crippen molar-refractivity contribution in [1.29, 1.82) is 0 Å². The monoisotopic (exact) mass is 235 g/mol. The number of nitrogens with two attached hydrogens (primary N) is 1. The predicted octanol–water partition coefficient (Wildman–Crippen LogP) is 2.41. The lowest BCUT2D eigenvalue weighted by Crippen LogP contribution is -2.43. The smallest absolute Gasteiger partial charge is 0.189 e. The number of rotatable bonds is 4. The van der Waals surface area contributed by atoms with Crippen molar-refractivity contribution in [2.75, 3.05) is 0 Å². The van der Waals surface area contributed by atoms with Gasteiger partial charge in [-0.3, -0.25) is 4.99 Å². The molecule has 17 heavy (non-hydrogen) atoms. The van der Waals surface area contributed by atoms with Crippen LogP contribution in [0.3, 0.4) is 0 Å². The molecule has 3 fully saturated rings. The van der Waals surface area contributed by atoms with Crippen LogP contribution in [0.5, 0.6) is 0 Å². The first kappa shape index (κ1) is 11.4. The average molecular weight is 235 g/mol. The first-order chi connectivity index (χ1) is 8.33. The van der Waals surface area contributed by atoms with Gasteiger partial charge in [-0.1, -0.05) is 19.3 Å². The number of hydrogen-bond acceptors (Lipinski definition) is 1. The van der Waals surface area contributed by atoms with Crippen LogP contribution in [-0.4, -0.2) is 18.0 Å². The van der Waals surface area contributed by atoms with Crippen LogP contribution >= 0.6 is 0 Å². The zero-order chi connectivity index (χ0) is 11.7. The molecule has 0 radical (unpaired) electrons. The second kappa shape index (κ2) is 4.87. The molecule has 0 atom stereocenters. The van der Waals surface area contributed by atoms with E-state index in [0.29, 0.717) is 12.1 Å². The first-order valence-electron chi connectivity index (χ1n) is 7.43. The van der Waals surface area contributed by atoms with Crippen LogP contribution in [-0.2, 0) is 0 Å². The van der Waals surface area contributed by atoms with E-state index in [1.807, 2.05) is 0 Å². The molecular weight excluding hydrogens is 210 g/mol. The quantitative estimate of drug-likeness (QED) is 0.581. The second-order valence-electron chi connectivity index (χ2n) is 6.15. The first-order valence-corrected chi connectivity index (χ1v) is 7.43. The summed E-state index contributed by atoms with van der Waals surface area (Å²) in [6.07, 6.45) is 12.1. The third kappa shape index (κ3) is 3.14. The molecule has 0 amide bonds. The lowest BCUT2D eigenvalue weighted by atomic mass is 9.96. The van der Waals surface area contributed by atoms with E-state index in [1.54, 1.807) is 0 Å². The van der Waals surface area contributed by atoms with Gasteiger partial charge in [-0.15, -0.1) is 0 Å². The van der Waals surface area contributed by atoms with Crippen molar-refractivity contribution in [3.05, 3.63) is 0 Å². The van der Waals surface area contributed by atoms with E-state index >= 15 is 0 Å². The second-order valence-corrected chi connectivity index (χ2v) is 6.15. The molecule has 3 aliphatic carbocycles. The summed E-state index contributed by atoms with van der Waals surface area (Å²) in [4.78, 5) is 4.68. The van der Waals surface area contributed by atoms with Crippen LogP contribution in [0.15, 0.2) is 4.99 Å². The Hall–Kier alpha value is -0.730. The lowest BCUT2D eigenvalue weighted by Gasteiger charge is -2.22. The topological polar surface area (TPSA) is 50.4 Å². The zero-order valence-corrected chi connectivity index (χ0v) is 10.7. The Kier molecular flexibility index (Phi) is 3.26. The van der Waals surface area contributed by atoms with Crippen LogP contribution in [0.4, 0.5) is 0 Å². The van der Waals surface area contributed by atoms with E-state index in [2.05, 4.69) is 10.3 Å². The van der Waals surface area contributed by atoms with Crippen LogP contribution in [0.1, 0.15) is 57.8 Å². The lowest BCUT2D eigenvalue weighted by molar-refractivity contribution is 0.436. The molecule has 96 valence electrons. The summed E-state index contributed by atoms with van der Waals surface area (Å²) in [6.45, 7) is 0. The maximum Gasteiger partial charge on any atom is 0.189 e. The summed E-state index contributed by atoms with van der Waals surface area (Å²) >= 11 is 0. The molecule has 0 spiro atoms. The van der Waals surface area contributed by atoms with E-state index in [1.165, 1.54) is 57.8 Å². The number of aliphatic imine (C=N–C) groups is 1. The van der Waals surface area contributed by atoms with Gasteiger partial charge >= 0.3 is 0 Å². The highest BCUT2D eigenvalue weighted by molar-refractivity contribution is 5.78. The van der Waals surface area contributed by atoms with Gasteiger partial charge in [0.2, 0.25) is 0 Å². The fourth-order valence-electron chi connectivity index (χ4n) is 3.15. The summed E-state index contributed by atoms with van der Waals surface area (Å²) in [6, 6.07) is 1.14. The number of nitrogens with zero attached hydrogens (tertiary/aromatic N) is 1. The Balaban J connectivity index is 1.53. The average Bonchev–Trinajstić information content (AvgIpc) is 3.19. The molecule has 0 aromatic carbocycles. The van der Waals surface area contributed by atoms with Gasteiger partial charge in [0.1, 0.15) is 0 Å². The fourth-order valence-corrected chi connectivity index (χ4v) is 3.15. The van der Waals surface area contributed by atoms with Gasteiger partial charge in [-0.2, -0.15) is 0 Å². The Morgan fingerprint density at radius 1 is 0.941 bits per heavy atom. The normalized spacial score (nSPS) is 27.5. The fraction of sp³-hybridized carbons (Fsp3) is 0.929. The molecule has 3 saturated carbocycles. The van der Waals surface area contributed by atoms with Gasteiger partial charge < -0.3 is 11.1 Å². The molecule has 0 aromatic rings. The van der Waals surface area contributed by atoms with Crippen LogP contribution in [0.25, 0.3) is 0 Å². The third-order valence-corrected chi connectivity index (χ3v) is 4.47. The summed E-state index contributed by atoms with van der Waals surface area (Å²) in [5.41, 5.74) is 6.08. The highest BCUT2D eigenvalue weighted by atomic mass is 15.1. The summed E-state index contributed by atoms with van der Waals surface area (Å²) in [5.74, 6) is 2.51. The predicted molar refractivity (Wildman–Crippen MR) is 70.9 cm³/mol. The largest absolute Gasteiger partial charge is 0.370 e. The number of hydrogen-bond donors (Lipinski definition) is 2. The van der Waals surface area contributed by atoms with E-state index in [-0.39, 0.29) is 0 Å². The molecule has 3 aliphatic rings. The molecule has 0 aromatic heterocycles. The molecule has 3 N–H and O–H groups in total. The Labute approximate surface area is 104 Å². The molecule has 0 saturated heterocycles. The molecular formula is C14H25N3. The Morgan fingerprint density at radius 3 is 2.06 bits per heavy atom. The number of guanidine groups is 1.